The van der Waals surface area contributed by atoms with Gasteiger partial charge in [-0.2, -0.15) is 0 Å². The van der Waals surface area contributed by atoms with Crippen LogP contribution in [0, 0.1) is 5.82 Å². The van der Waals surface area contributed by atoms with Crippen LogP contribution in [0.15, 0.2) is 46.9 Å². The molecule has 1 aliphatic heterocycles. The molecular weight excluding hydrogens is 397 g/mol. The number of carboxylic acid groups (broad SMARTS) is 1. The monoisotopic (exact) mass is 411 g/mol. The van der Waals surface area contributed by atoms with E-state index in [1.807, 2.05) is 18.2 Å². The number of halogens is 2. The Bertz CT molecular complexity index is 741. The zero-order chi connectivity index (χ0) is 17.1. The Labute approximate surface area is 151 Å². The Morgan fingerprint density at radius 1 is 1.33 bits per heavy atom. The zero-order valence-corrected chi connectivity index (χ0v) is 14.9. The number of nitrogens with one attached hydrogen (secondary N) is 1. The maximum atomic E-state index is 13.0. The summed E-state index contributed by atoms with van der Waals surface area (Å²) in [6.07, 6.45) is 0. The number of hydrogen-bond donors (Lipinski definition) is 2. The maximum absolute atomic E-state index is 13.0. The number of carboxylic acids is 1. The Morgan fingerprint density at radius 2 is 2.08 bits per heavy atom. The van der Waals surface area contributed by atoms with Crippen molar-refractivity contribution in [3.05, 3.63) is 63.9 Å². The Hall–Kier alpha value is -1.57. The molecule has 2 unspecified atom stereocenters. The molecule has 0 bridgehead atoms. The standard InChI is InChI=1S/C17H15BrFNO3S/c18-11-3-6-15(23-8-10-1-4-12(19)5-2-10)13(7-11)16-20-14(9-24-16)17(21)22/h1-7,14,16,20H,8-9H2,(H,21,22). The minimum atomic E-state index is -0.853. The first kappa shape index (κ1) is 17.3. The molecule has 1 aliphatic rings. The van der Waals surface area contributed by atoms with Crippen LogP contribution in [0.3, 0.4) is 0 Å². The van der Waals surface area contributed by atoms with Crippen LogP contribution in [-0.2, 0) is 11.4 Å². The highest BCUT2D eigenvalue weighted by molar-refractivity contribution is 9.10. The molecule has 0 aliphatic carbocycles. The van der Waals surface area contributed by atoms with E-state index in [0.29, 0.717) is 18.1 Å². The summed E-state index contributed by atoms with van der Waals surface area (Å²) < 4.78 is 19.7. The van der Waals surface area contributed by atoms with Gasteiger partial charge < -0.3 is 9.84 Å². The lowest BCUT2D eigenvalue weighted by Gasteiger charge is -2.17. The van der Waals surface area contributed by atoms with Gasteiger partial charge in [0, 0.05) is 15.8 Å². The molecule has 4 nitrogen and oxygen atoms in total. The maximum Gasteiger partial charge on any atom is 0.321 e. The van der Waals surface area contributed by atoms with E-state index in [2.05, 4.69) is 21.2 Å². The molecule has 0 amide bonds. The fourth-order valence-electron chi connectivity index (χ4n) is 2.39. The van der Waals surface area contributed by atoms with E-state index in [1.54, 1.807) is 12.1 Å². The normalized spacial score (nSPS) is 20.1. The molecule has 126 valence electrons. The summed E-state index contributed by atoms with van der Waals surface area (Å²) in [6, 6.07) is 11.2. The summed E-state index contributed by atoms with van der Waals surface area (Å²) in [6.45, 7) is 0.314. The minimum absolute atomic E-state index is 0.146. The first-order valence-corrected chi connectivity index (χ1v) is 9.14. The number of carbonyl (C=O) groups is 1. The molecule has 2 atom stereocenters. The smallest absolute Gasteiger partial charge is 0.321 e. The third-order valence-corrected chi connectivity index (χ3v) is 5.38. The van der Waals surface area contributed by atoms with Gasteiger partial charge in [-0.3, -0.25) is 10.1 Å². The van der Waals surface area contributed by atoms with Crippen LogP contribution in [0.4, 0.5) is 4.39 Å². The van der Waals surface area contributed by atoms with Crippen molar-refractivity contribution in [1.29, 1.82) is 0 Å². The molecule has 0 spiro atoms. The van der Waals surface area contributed by atoms with Crippen molar-refractivity contribution in [2.45, 2.75) is 18.0 Å². The van der Waals surface area contributed by atoms with Gasteiger partial charge in [0.25, 0.3) is 0 Å². The lowest BCUT2D eigenvalue weighted by molar-refractivity contribution is -0.138. The third kappa shape index (κ3) is 4.09. The van der Waals surface area contributed by atoms with Gasteiger partial charge in [-0.25, -0.2) is 4.39 Å². The quantitative estimate of drug-likeness (QED) is 0.779. The van der Waals surface area contributed by atoms with Gasteiger partial charge in [0.15, 0.2) is 0 Å². The van der Waals surface area contributed by atoms with Crippen molar-refractivity contribution in [2.75, 3.05) is 5.75 Å². The molecule has 0 aromatic heterocycles. The second kappa shape index (κ2) is 7.55. The fourth-order valence-corrected chi connectivity index (χ4v) is 4.02. The summed E-state index contributed by atoms with van der Waals surface area (Å²) >= 11 is 4.98. The summed E-state index contributed by atoms with van der Waals surface area (Å²) in [5.74, 6) is 0.0471. The van der Waals surface area contributed by atoms with Gasteiger partial charge in [-0.05, 0) is 35.9 Å². The molecule has 7 heteroatoms. The predicted molar refractivity (Wildman–Crippen MR) is 94.6 cm³/mol. The number of benzene rings is 2. The van der Waals surface area contributed by atoms with E-state index in [1.165, 1.54) is 23.9 Å². The van der Waals surface area contributed by atoms with Crippen LogP contribution < -0.4 is 10.1 Å². The molecule has 2 N–H and O–H groups in total. The number of hydrogen-bond acceptors (Lipinski definition) is 4. The first-order valence-electron chi connectivity index (χ1n) is 7.30. The highest BCUT2D eigenvalue weighted by atomic mass is 79.9. The third-order valence-electron chi connectivity index (χ3n) is 3.64. The van der Waals surface area contributed by atoms with E-state index in [0.717, 1.165) is 15.6 Å². The number of rotatable bonds is 5. The predicted octanol–water partition coefficient (Wildman–Crippen LogP) is 3.96. The van der Waals surface area contributed by atoms with E-state index in [4.69, 9.17) is 9.84 Å². The second-order valence-electron chi connectivity index (χ2n) is 5.37. The van der Waals surface area contributed by atoms with E-state index in [-0.39, 0.29) is 11.2 Å². The Balaban J connectivity index is 1.76. The number of ether oxygens (including phenoxy) is 1. The SMILES string of the molecule is O=C(O)C1CSC(c2cc(Br)ccc2OCc2ccc(F)cc2)N1. The summed E-state index contributed by atoms with van der Waals surface area (Å²) in [5.41, 5.74) is 1.75. The van der Waals surface area contributed by atoms with Crippen LogP contribution in [0.2, 0.25) is 0 Å². The zero-order valence-electron chi connectivity index (χ0n) is 12.5. The summed E-state index contributed by atoms with van der Waals surface area (Å²) in [7, 11) is 0. The number of thioether (sulfide) groups is 1. The minimum Gasteiger partial charge on any atom is -0.489 e. The molecule has 24 heavy (non-hydrogen) atoms. The molecule has 1 saturated heterocycles. The highest BCUT2D eigenvalue weighted by Gasteiger charge is 2.32. The Kier molecular flexibility index (Phi) is 5.43. The van der Waals surface area contributed by atoms with Gasteiger partial charge in [0.1, 0.15) is 24.2 Å². The molecule has 0 saturated carbocycles. The average molecular weight is 412 g/mol. The molecular formula is C17H15BrFNO3S. The van der Waals surface area contributed by atoms with Crippen LogP contribution >= 0.6 is 27.7 Å². The van der Waals surface area contributed by atoms with Gasteiger partial charge in [-0.1, -0.05) is 28.1 Å². The van der Waals surface area contributed by atoms with Crippen LogP contribution in [0.5, 0.6) is 5.75 Å². The fraction of sp³-hybridized carbons (Fsp3) is 0.235. The van der Waals surface area contributed by atoms with Crippen molar-refractivity contribution in [3.63, 3.8) is 0 Å². The van der Waals surface area contributed by atoms with E-state index >= 15 is 0 Å². The first-order chi connectivity index (χ1) is 11.5. The Morgan fingerprint density at radius 3 is 2.75 bits per heavy atom. The van der Waals surface area contributed by atoms with Gasteiger partial charge in [0.05, 0.1) is 5.37 Å². The molecule has 2 aromatic rings. The van der Waals surface area contributed by atoms with Crippen LogP contribution in [-0.4, -0.2) is 22.9 Å². The van der Waals surface area contributed by atoms with Crippen LogP contribution in [0.25, 0.3) is 0 Å². The lowest BCUT2D eigenvalue weighted by Crippen LogP contribution is -2.33. The molecule has 0 radical (unpaired) electrons. The highest BCUT2D eigenvalue weighted by Crippen LogP contribution is 2.39. The summed E-state index contributed by atoms with van der Waals surface area (Å²) in [4.78, 5) is 11.1. The van der Waals surface area contributed by atoms with Gasteiger partial charge in [-0.15, -0.1) is 11.8 Å². The van der Waals surface area contributed by atoms with Crippen LogP contribution in [0.1, 0.15) is 16.5 Å². The van der Waals surface area contributed by atoms with Crippen molar-refractivity contribution in [3.8, 4) is 5.75 Å². The molecule has 2 aromatic carbocycles. The van der Waals surface area contributed by atoms with Crippen molar-refractivity contribution < 1.29 is 19.0 Å². The van der Waals surface area contributed by atoms with E-state index in [9.17, 15) is 9.18 Å². The molecule has 3 rings (SSSR count). The second-order valence-corrected chi connectivity index (χ2v) is 7.42. The summed E-state index contributed by atoms with van der Waals surface area (Å²) in [5, 5.41) is 12.1. The van der Waals surface area contributed by atoms with Gasteiger partial charge >= 0.3 is 5.97 Å². The topological polar surface area (TPSA) is 58.6 Å². The van der Waals surface area contributed by atoms with Crippen molar-refractivity contribution in [1.82, 2.24) is 5.32 Å². The largest absolute Gasteiger partial charge is 0.489 e. The average Bonchev–Trinajstić information content (AvgIpc) is 3.05. The van der Waals surface area contributed by atoms with Gasteiger partial charge in [0.2, 0.25) is 0 Å². The van der Waals surface area contributed by atoms with Crippen molar-refractivity contribution in [2.24, 2.45) is 0 Å². The molecule has 1 heterocycles. The lowest BCUT2D eigenvalue weighted by atomic mass is 10.2. The molecule has 1 fully saturated rings. The number of aliphatic carboxylic acids is 1. The van der Waals surface area contributed by atoms with E-state index < -0.39 is 12.0 Å². The van der Waals surface area contributed by atoms with Crippen molar-refractivity contribution >= 4 is 33.7 Å².